The van der Waals surface area contributed by atoms with Gasteiger partial charge in [-0.15, -0.1) is 0 Å². The van der Waals surface area contributed by atoms with E-state index < -0.39 is 5.41 Å². The molecule has 3 rings (SSSR count). The second-order valence-electron chi connectivity index (χ2n) is 6.27. The lowest BCUT2D eigenvalue weighted by Gasteiger charge is -2.28. The number of ether oxygens (including phenoxy) is 1. The minimum absolute atomic E-state index is 0.170. The normalized spacial score (nSPS) is 16.0. The molecule has 1 N–H and O–H groups in total. The molecule has 1 amide bonds. The van der Waals surface area contributed by atoms with Gasteiger partial charge in [-0.25, -0.2) is 9.37 Å². The predicted molar refractivity (Wildman–Crippen MR) is 90.7 cm³/mol. The van der Waals surface area contributed by atoms with E-state index in [0.717, 1.165) is 18.4 Å². The van der Waals surface area contributed by atoms with Crippen molar-refractivity contribution >= 4 is 11.6 Å². The van der Waals surface area contributed by atoms with Crippen LogP contribution in [0.2, 0.25) is 0 Å². The quantitative estimate of drug-likeness (QED) is 0.923. The first-order chi connectivity index (χ1) is 11.6. The molecule has 0 aliphatic heterocycles. The third-order valence-corrected chi connectivity index (χ3v) is 4.76. The Labute approximate surface area is 141 Å². The highest BCUT2D eigenvalue weighted by molar-refractivity contribution is 5.99. The van der Waals surface area contributed by atoms with Gasteiger partial charge in [-0.2, -0.15) is 0 Å². The summed E-state index contributed by atoms with van der Waals surface area (Å²) in [5.74, 6) is 0.0349. The van der Waals surface area contributed by atoms with Gasteiger partial charge in [0.2, 0.25) is 11.8 Å². The Kier molecular flexibility index (Phi) is 4.51. The van der Waals surface area contributed by atoms with Crippen LogP contribution in [-0.2, 0) is 10.2 Å². The molecule has 0 radical (unpaired) electrons. The Morgan fingerprint density at radius 3 is 2.62 bits per heavy atom. The van der Waals surface area contributed by atoms with Crippen molar-refractivity contribution in [2.75, 3.05) is 12.4 Å². The number of anilines is 1. The minimum Gasteiger partial charge on any atom is -0.481 e. The van der Waals surface area contributed by atoms with Crippen LogP contribution in [0.15, 0.2) is 36.5 Å². The number of nitrogens with zero attached hydrogens (tertiary/aromatic N) is 1. The number of amides is 1. The molecule has 1 aromatic carbocycles. The standard InChI is InChI=1S/C19H21FN2O2/c1-13-11-14(12-21-17(13)24-2)22-18(23)19(9-5-6-10-19)15-7-3-4-8-16(15)20/h3-4,7-8,11-12H,5-6,9-10H2,1-2H3,(H,22,23). The number of benzene rings is 1. The first kappa shape index (κ1) is 16.4. The van der Waals surface area contributed by atoms with Crippen molar-refractivity contribution in [2.45, 2.75) is 38.0 Å². The molecule has 1 aliphatic carbocycles. The zero-order chi connectivity index (χ0) is 17.2. The van der Waals surface area contributed by atoms with E-state index in [2.05, 4.69) is 10.3 Å². The number of methoxy groups -OCH3 is 1. The average molecular weight is 328 g/mol. The number of aromatic nitrogens is 1. The van der Waals surface area contributed by atoms with E-state index in [4.69, 9.17) is 4.74 Å². The van der Waals surface area contributed by atoms with Crippen molar-refractivity contribution in [2.24, 2.45) is 0 Å². The van der Waals surface area contributed by atoms with Crippen LogP contribution in [0.25, 0.3) is 0 Å². The first-order valence-electron chi connectivity index (χ1n) is 8.14. The molecule has 0 unspecified atom stereocenters. The van der Waals surface area contributed by atoms with E-state index in [9.17, 15) is 9.18 Å². The lowest BCUT2D eigenvalue weighted by Crippen LogP contribution is -2.38. The van der Waals surface area contributed by atoms with Crippen molar-refractivity contribution in [1.82, 2.24) is 4.98 Å². The molecular formula is C19H21FN2O2. The fraction of sp³-hybridized carbons (Fsp3) is 0.368. The lowest BCUT2D eigenvalue weighted by molar-refractivity contribution is -0.121. The fourth-order valence-electron chi connectivity index (χ4n) is 3.54. The molecule has 1 saturated carbocycles. The van der Waals surface area contributed by atoms with Crippen molar-refractivity contribution < 1.29 is 13.9 Å². The summed E-state index contributed by atoms with van der Waals surface area (Å²) in [6, 6.07) is 8.38. The molecule has 1 aromatic heterocycles. The minimum atomic E-state index is -0.806. The second kappa shape index (κ2) is 6.59. The van der Waals surface area contributed by atoms with E-state index >= 15 is 0 Å². The number of aryl methyl sites for hydroxylation is 1. The van der Waals surface area contributed by atoms with Gasteiger partial charge in [0.25, 0.3) is 0 Å². The molecular weight excluding hydrogens is 307 g/mol. The number of halogens is 1. The number of rotatable bonds is 4. The van der Waals surface area contributed by atoms with E-state index in [0.29, 0.717) is 30.0 Å². The van der Waals surface area contributed by atoms with E-state index in [1.54, 1.807) is 31.5 Å². The summed E-state index contributed by atoms with van der Waals surface area (Å²) in [7, 11) is 1.55. The largest absolute Gasteiger partial charge is 0.481 e. The van der Waals surface area contributed by atoms with Crippen LogP contribution >= 0.6 is 0 Å². The van der Waals surface area contributed by atoms with Gasteiger partial charge in [-0.3, -0.25) is 4.79 Å². The molecule has 0 spiro atoms. The van der Waals surface area contributed by atoms with Crippen LogP contribution in [0.5, 0.6) is 5.88 Å². The maximum absolute atomic E-state index is 14.3. The molecule has 4 nitrogen and oxygen atoms in total. The van der Waals surface area contributed by atoms with Gasteiger partial charge in [0.05, 0.1) is 24.4 Å². The SMILES string of the molecule is COc1ncc(NC(=O)C2(c3ccccc3F)CCCC2)cc1C. The Bertz CT molecular complexity index is 755. The topological polar surface area (TPSA) is 51.2 Å². The van der Waals surface area contributed by atoms with Crippen molar-refractivity contribution in [3.05, 3.63) is 53.5 Å². The lowest BCUT2D eigenvalue weighted by atomic mass is 9.77. The summed E-state index contributed by atoms with van der Waals surface area (Å²) in [5, 5.41) is 2.92. The average Bonchev–Trinajstić information content (AvgIpc) is 3.06. The van der Waals surface area contributed by atoms with Gasteiger partial charge in [0.1, 0.15) is 5.82 Å². The van der Waals surface area contributed by atoms with Crippen molar-refractivity contribution in [1.29, 1.82) is 0 Å². The van der Waals surface area contributed by atoms with Crippen LogP contribution in [-0.4, -0.2) is 18.0 Å². The summed E-state index contributed by atoms with van der Waals surface area (Å²) >= 11 is 0. The summed E-state index contributed by atoms with van der Waals surface area (Å²) in [4.78, 5) is 17.2. The zero-order valence-corrected chi connectivity index (χ0v) is 13.9. The predicted octanol–water partition coefficient (Wildman–Crippen LogP) is 3.99. The highest BCUT2D eigenvalue weighted by Gasteiger charge is 2.44. The number of carbonyl (C=O) groups excluding carboxylic acids is 1. The maximum atomic E-state index is 14.3. The van der Waals surface area contributed by atoms with Gasteiger partial charge >= 0.3 is 0 Å². The van der Waals surface area contributed by atoms with Crippen molar-refractivity contribution in [3.8, 4) is 5.88 Å². The number of nitrogens with one attached hydrogen (secondary N) is 1. The summed E-state index contributed by atoms with van der Waals surface area (Å²) in [6.45, 7) is 1.86. The van der Waals surface area contributed by atoms with Gasteiger partial charge in [0.15, 0.2) is 0 Å². The van der Waals surface area contributed by atoms with Gasteiger partial charge in [-0.05, 0) is 31.9 Å². The third-order valence-electron chi connectivity index (χ3n) is 4.76. The third kappa shape index (κ3) is 2.86. The molecule has 126 valence electrons. The summed E-state index contributed by atoms with van der Waals surface area (Å²) in [6.07, 6.45) is 4.71. The molecule has 1 heterocycles. The summed E-state index contributed by atoms with van der Waals surface area (Å²) < 4.78 is 19.5. The van der Waals surface area contributed by atoms with Crippen LogP contribution in [0.1, 0.15) is 36.8 Å². The van der Waals surface area contributed by atoms with Crippen LogP contribution < -0.4 is 10.1 Å². The number of carbonyl (C=O) groups is 1. The Hall–Kier alpha value is -2.43. The highest BCUT2D eigenvalue weighted by atomic mass is 19.1. The van der Waals surface area contributed by atoms with E-state index in [1.807, 2.05) is 13.0 Å². The molecule has 0 atom stereocenters. The van der Waals surface area contributed by atoms with Gasteiger partial charge < -0.3 is 10.1 Å². The summed E-state index contributed by atoms with van der Waals surface area (Å²) in [5.41, 5.74) is 1.11. The maximum Gasteiger partial charge on any atom is 0.235 e. The molecule has 5 heteroatoms. The number of hydrogen-bond acceptors (Lipinski definition) is 3. The molecule has 0 saturated heterocycles. The molecule has 1 aliphatic rings. The Morgan fingerprint density at radius 1 is 1.29 bits per heavy atom. The Balaban J connectivity index is 1.91. The number of pyridine rings is 1. The Morgan fingerprint density at radius 2 is 2.00 bits per heavy atom. The second-order valence-corrected chi connectivity index (χ2v) is 6.27. The first-order valence-corrected chi connectivity index (χ1v) is 8.14. The number of hydrogen-bond donors (Lipinski definition) is 1. The monoisotopic (exact) mass is 328 g/mol. The van der Waals surface area contributed by atoms with Crippen LogP contribution in [0.3, 0.4) is 0 Å². The van der Waals surface area contributed by atoms with Gasteiger partial charge in [-0.1, -0.05) is 31.0 Å². The molecule has 0 bridgehead atoms. The smallest absolute Gasteiger partial charge is 0.235 e. The van der Waals surface area contributed by atoms with E-state index in [-0.39, 0.29) is 11.7 Å². The zero-order valence-electron chi connectivity index (χ0n) is 13.9. The molecule has 2 aromatic rings. The van der Waals surface area contributed by atoms with Crippen LogP contribution in [0.4, 0.5) is 10.1 Å². The fourth-order valence-corrected chi connectivity index (χ4v) is 3.54. The van der Waals surface area contributed by atoms with E-state index in [1.165, 1.54) is 6.07 Å². The molecule has 24 heavy (non-hydrogen) atoms. The highest BCUT2D eigenvalue weighted by Crippen LogP contribution is 2.43. The van der Waals surface area contributed by atoms with Crippen LogP contribution in [0, 0.1) is 12.7 Å². The van der Waals surface area contributed by atoms with Crippen molar-refractivity contribution in [3.63, 3.8) is 0 Å². The van der Waals surface area contributed by atoms with Gasteiger partial charge in [0, 0.05) is 11.1 Å². The molecule has 1 fully saturated rings.